The van der Waals surface area contributed by atoms with Gasteiger partial charge in [0, 0.05) is 5.56 Å². The zero-order valence-corrected chi connectivity index (χ0v) is 8.31. The van der Waals surface area contributed by atoms with E-state index in [9.17, 15) is 0 Å². The zero-order chi connectivity index (χ0) is 10.8. The van der Waals surface area contributed by atoms with Crippen LogP contribution in [0.5, 0.6) is 0 Å². The second-order valence-electron chi connectivity index (χ2n) is 3.22. The molecule has 0 aliphatic rings. The molecule has 1 aromatic heterocycles. The molecule has 4 nitrogen and oxygen atoms in total. The van der Waals surface area contributed by atoms with Gasteiger partial charge in [0.25, 0.3) is 0 Å². The SMILES string of the molecule is Cc1c(C#N)nn(-c2ccccc2)c1N. The van der Waals surface area contributed by atoms with Crippen molar-refractivity contribution in [3.8, 4) is 11.8 Å². The minimum absolute atomic E-state index is 0.372. The number of nitrogen functional groups attached to an aromatic ring is 1. The molecule has 74 valence electrons. The Morgan fingerprint density at radius 2 is 2.00 bits per heavy atom. The number of anilines is 1. The van der Waals surface area contributed by atoms with Gasteiger partial charge in [-0.25, -0.2) is 4.68 Å². The molecule has 0 saturated heterocycles. The molecule has 0 amide bonds. The number of nitriles is 1. The number of aromatic nitrogens is 2. The molecule has 0 spiro atoms. The van der Waals surface area contributed by atoms with Gasteiger partial charge >= 0.3 is 0 Å². The minimum atomic E-state index is 0.372. The first-order valence-corrected chi connectivity index (χ1v) is 4.54. The third kappa shape index (κ3) is 1.44. The molecule has 2 aromatic rings. The summed E-state index contributed by atoms with van der Waals surface area (Å²) in [4.78, 5) is 0. The Kier molecular flexibility index (Phi) is 2.14. The van der Waals surface area contributed by atoms with Crippen LogP contribution < -0.4 is 5.73 Å². The van der Waals surface area contributed by atoms with Crippen molar-refractivity contribution < 1.29 is 0 Å². The summed E-state index contributed by atoms with van der Waals surface area (Å²) >= 11 is 0. The summed E-state index contributed by atoms with van der Waals surface area (Å²) in [5.74, 6) is 0.512. The van der Waals surface area contributed by atoms with E-state index in [1.807, 2.05) is 36.4 Å². The fraction of sp³-hybridized carbons (Fsp3) is 0.0909. The van der Waals surface area contributed by atoms with E-state index in [-0.39, 0.29) is 0 Å². The Labute approximate surface area is 87.6 Å². The summed E-state index contributed by atoms with van der Waals surface area (Å²) in [6.07, 6.45) is 0. The molecule has 0 saturated carbocycles. The maximum atomic E-state index is 8.82. The summed E-state index contributed by atoms with van der Waals surface area (Å²) in [7, 11) is 0. The van der Waals surface area contributed by atoms with Crippen molar-refractivity contribution in [2.24, 2.45) is 0 Å². The smallest absolute Gasteiger partial charge is 0.168 e. The summed E-state index contributed by atoms with van der Waals surface area (Å²) in [5, 5.41) is 13.0. The fourth-order valence-corrected chi connectivity index (χ4v) is 1.38. The van der Waals surface area contributed by atoms with Crippen molar-refractivity contribution >= 4 is 5.82 Å². The number of benzene rings is 1. The van der Waals surface area contributed by atoms with Crippen LogP contribution in [0.4, 0.5) is 5.82 Å². The third-order valence-corrected chi connectivity index (χ3v) is 2.27. The monoisotopic (exact) mass is 198 g/mol. The largest absolute Gasteiger partial charge is 0.383 e. The van der Waals surface area contributed by atoms with Gasteiger partial charge < -0.3 is 5.73 Å². The van der Waals surface area contributed by atoms with Crippen molar-refractivity contribution in [1.29, 1.82) is 5.26 Å². The number of hydrogen-bond acceptors (Lipinski definition) is 3. The molecular formula is C11H10N4. The van der Waals surface area contributed by atoms with Crippen LogP contribution in [0.1, 0.15) is 11.3 Å². The van der Waals surface area contributed by atoms with Crippen LogP contribution in [0.15, 0.2) is 30.3 Å². The Balaban J connectivity index is 2.61. The highest BCUT2D eigenvalue weighted by molar-refractivity contribution is 5.52. The highest BCUT2D eigenvalue weighted by Crippen LogP contribution is 2.19. The lowest BCUT2D eigenvalue weighted by Gasteiger charge is -2.02. The van der Waals surface area contributed by atoms with Crippen molar-refractivity contribution in [1.82, 2.24) is 9.78 Å². The van der Waals surface area contributed by atoms with Crippen molar-refractivity contribution in [3.05, 3.63) is 41.6 Å². The Bertz CT molecular complexity index is 520. The van der Waals surface area contributed by atoms with E-state index in [1.54, 1.807) is 11.6 Å². The van der Waals surface area contributed by atoms with Gasteiger partial charge in [0.2, 0.25) is 0 Å². The third-order valence-electron chi connectivity index (χ3n) is 2.27. The molecule has 2 N–H and O–H groups in total. The zero-order valence-electron chi connectivity index (χ0n) is 8.31. The van der Waals surface area contributed by atoms with Gasteiger partial charge in [0.1, 0.15) is 11.9 Å². The Hall–Kier alpha value is -2.28. The molecular weight excluding hydrogens is 188 g/mol. The van der Waals surface area contributed by atoms with Crippen LogP contribution in [-0.2, 0) is 0 Å². The molecule has 1 heterocycles. The van der Waals surface area contributed by atoms with E-state index < -0.39 is 0 Å². The second-order valence-corrected chi connectivity index (χ2v) is 3.22. The lowest BCUT2D eigenvalue weighted by Crippen LogP contribution is -2.01. The summed E-state index contributed by atoms with van der Waals surface area (Å²) in [6.45, 7) is 1.79. The van der Waals surface area contributed by atoms with Crippen molar-refractivity contribution in [3.63, 3.8) is 0 Å². The first-order chi connectivity index (χ1) is 7.24. The Morgan fingerprint density at radius 3 is 2.53 bits per heavy atom. The van der Waals surface area contributed by atoms with E-state index in [2.05, 4.69) is 5.10 Å². The first-order valence-electron chi connectivity index (χ1n) is 4.54. The molecule has 0 radical (unpaired) electrons. The van der Waals surface area contributed by atoms with Gasteiger partial charge in [0.15, 0.2) is 5.69 Å². The minimum Gasteiger partial charge on any atom is -0.383 e. The molecule has 4 heteroatoms. The predicted molar refractivity (Wildman–Crippen MR) is 57.4 cm³/mol. The standard InChI is InChI=1S/C11H10N4/c1-8-10(7-12)14-15(11(8)13)9-5-3-2-4-6-9/h2-6H,13H2,1H3. The van der Waals surface area contributed by atoms with E-state index >= 15 is 0 Å². The van der Waals surface area contributed by atoms with Gasteiger partial charge in [-0.15, -0.1) is 0 Å². The molecule has 0 aliphatic carbocycles. The van der Waals surface area contributed by atoms with Gasteiger partial charge in [0.05, 0.1) is 5.69 Å². The van der Waals surface area contributed by atoms with E-state index in [1.165, 1.54) is 0 Å². The van der Waals surface area contributed by atoms with E-state index in [4.69, 9.17) is 11.0 Å². The predicted octanol–water partition coefficient (Wildman–Crippen LogP) is 1.63. The average Bonchev–Trinajstić information content (AvgIpc) is 2.57. The molecule has 2 rings (SSSR count). The maximum absolute atomic E-state index is 8.82. The van der Waals surface area contributed by atoms with Gasteiger partial charge in [-0.3, -0.25) is 0 Å². The topological polar surface area (TPSA) is 67.6 Å². The lowest BCUT2D eigenvalue weighted by molar-refractivity contribution is 0.883. The highest BCUT2D eigenvalue weighted by Gasteiger charge is 2.11. The molecule has 0 unspecified atom stereocenters. The molecule has 0 bridgehead atoms. The number of nitrogens with zero attached hydrogens (tertiary/aromatic N) is 3. The van der Waals surface area contributed by atoms with E-state index in [0.717, 1.165) is 11.3 Å². The van der Waals surface area contributed by atoms with Crippen LogP contribution in [0.25, 0.3) is 5.69 Å². The highest BCUT2D eigenvalue weighted by atomic mass is 15.3. The van der Waals surface area contributed by atoms with Crippen LogP contribution in [0.3, 0.4) is 0 Å². The number of rotatable bonds is 1. The molecule has 1 aromatic carbocycles. The fourth-order valence-electron chi connectivity index (χ4n) is 1.38. The van der Waals surface area contributed by atoms with Crippen LogP contribution >= 0.6 is 0 Å². The average molecular weight is 198 g/mol. The normalized spacial score (nSPS) is 9.87. The van der Waals surface area contributed by atoms with Gasteiger partial charge in [-0.2, -0.15) is 10.4 Å². The quantitative estimate of drug-likeness (QED) is 0.757. The summed E-state index contributed by atoms with van der Waals surface area (Å²) < 4.78 is 1.58. The second kappa shape index (κ2) is 3.46. The van der Waals surface area contributed by atoms with Crippen LogP contribution in [-0.4, -0.2) is 9.78 Å². The van der Waals surface area contributed by atoms with Crippen molar-refractivity contribution in [2.45, 2.75) is 6.92 Å². The number of nitrogens with two attached hydrogens (primary N) is 1. The Morgan fingerprint density at radius 1 is 1.33 bits per heavy atom. The molecule has 15 heavy (non-hydrogen) atoms. The van der Waals surface area contributed by atoms with Gasteiger partial charge in [-0.1, -0.05) is 18.2 Å². The molecule has 0 atom stereocenters. The van der Waals surface area contributed by atoms with Gasteiger partial charge in [-0.05, 0) is 19.1 Å². The summed E-state index contributed by atoms with van der Waals surface area (Å²) in [5.41, 5.74) is 7.82. The first kappa shape index (κ1) is 9.28. The van der Waals surface area contributed by atoms with Crippen LogP contribution in [0, 0.1) is 18.3 Å². The summed E-state index contributed by atoms with van der Waals surface area (Å²) in [6, 6.07) is 11.5. The molecule has 0 aliphatic heterocycles. The maximum Gasteiger partial charge on any atom is 0.168 e. The molecule has 0 fully saturated rings. The van der Waals surface area contributed by atoms with E-state index in [0.29, 0.717) is 11.5 Å². The number of hydrogen-bond donors (Lipinski definition) is 1. The van der Waals surface area contributed by atoms with Crippen LogP contribution in [0.2, 0.25) is 0 Å². The lowest BCUT2D eigenvalue weighted by atomic mass is 10.3. The van der Waals surface area contributed by atoms with Crippen molar-refractivity contribution in [2.75, 3.05) is 5.73 Å². The number of para-hydroxylation sites is 1.